The molecule has 0 fully saturated rings. The first-order valence-electron chi connectivity index (χ1n) is 7.97. The predicted molar refractivity (Wildman–Crippen MR) is 99.0 cm³/mol. The highest BCUT2D eigenvalue weighted by molar-refractivity contribution is 5.94. The summed E-state index contributed by atoms with van der Waals surface area (Å²) < 4.78 is 5.20. The van der Waals surface area contributed by atoms with E-state index in [0.717, 1.165) is 22.1 Å². The van der Waals surface area contributed by atoms with Gasteiger partial charge in [0.2, 0.25) is 5.91 Å². The SMILES string of the molecule is COc1ccc2cc(/C=C/C(=O)NNC(=O)CCN(C)C)ccc2c1. The van der Waals surface area contributed by atoms with Crippen molar-refractivity contribution in [3.8, 4) is 5.75 Å². The molecule has 2 aromatic rings. The number of methoxy groups -OCH3 is 1. The number of hydrazine groups is 1. The second-order valence-electron chi connectivity index (χ2n) is 5.90. The summed E-state index contributed by atoms with van der Waals surface area (Å²) >= 11 is 0. The monoisotopic (exact) mass is 341 g/mol. The minimum absolute atomic E-state index is 0.227. The third-order valence-electron chi connectivity index (χ3n) is 3.61. The van der Waals surface area contributed by atoms with Gasteiger partial charge in [0.25, 0.3) is 5.91 Å². The summed E-state index contributed by atoms with van der Waals surface area (Å²) in [6, 6.07) is 11.7. The zero-order chi connectivity index (χ0) is 18.2. The van der Waals surface area contributed by atoms with Crippen LogP contribution in [-0.2, 0) is 9.59 Å². The number of carbonyl (C=O) groups is 2. The highest BCUT2D eigenvalue weighted by atomic mass is 16.5. The fraction of sp³-hybridized carbons (Fsp3) is 0.263. The number of nitrogens with zero attached hydrogens (tertiary/aromatic N) is 1. The van der Waals surface area contributed by atoms with Crippen LogP contribution in [0, 0.1) is 0 Å². The highest BCUT2D eigenvalue weighted by Crippen LogP contribution is 2.22. The number of rotatable bonds is 6. The number of hydrogen-bond acceptors (Lipinski definition) is 4. The topological polar surface area (TPSA) is 70.7 Å². The molecule has 6 nitrogen and oxygen atoms in total. The molecule has 0 saturated carbocycles. The van der Waals surface area contributed by atoms with Crippen molar-refractivity contribution in [1.82, 2.24) is 15.8 Å². The maximum absolute atomic E-state index is 11.8. The van der Waals surface area contributed by atoms with Gasteiger partial charge in [-0.2, -0.15) is 0 Å². The summed E-state index contributed by atoms with van der Waals surface area (Å²) in [7, 11) is 5.40. The van der Waals surface area contributed by atoms with Gasteiger partial charge in [0.15, 0.2) is 0 Å². The van der Waals surface area contributed by atoms with Crippen LogP contribution in [0.25, 0.3) is 16.8 Å². The van der Waals surface area contributed by atoms with Gasteiger partial charge in [-0.25, -0.2) is 0 Å². The first-order valence-corrected chi connectivity index (χ1v) is 7.97. The lowest BCUT2D eigenvalue weighted by Gasteiger charge is -2.09. The maximum atomic E-state index is 11.8. The molecule has 0 aromatic heterocycles. The summed E-state index contributed by atoms with van der Waals surface area (Å²) in [6.45, 7) is 0.624. The number of hydrogen-bond donors (Lipinski definition) is 2. The Morgan fingerprint density at radius 2 is 1.80 bits per heavy atom. The number of nitrogens with one attached hydrogen (secondary N) is 2. The average molecular weight is 341 g/mol. The molecular weight excluding hydrogens is 318 g/mol. The Bertz CT molecular complexity index is 785. The van der Waals surface area contributed by atoms with Crippen LogP contribution in [0.1, 0.15) is 12.0 Å². The highest BCUT2D eigenvalue weighted by Gasteiger charge is 2.03. The van der Waals surface area contributed by atoms with Crippen LogP contribution in [0.5, 0.6) is 5.75 Å². The molecular formula is C19H23N3O3. The first kappa shape index (κ1) is 18.5. The van der Waals surface area contributed by atoms with E-state index < -0.39 is 0 Å². The summed E-state index contributed by atoms with van der Waals surface area (Å²) in [5.74, 6) is 0.198. The number of benzene rings is 2. The van der Waals surface area contributed by atoms with Gasteiger partial charge in [0.1, 0.15) is 5.75 Å². The van der Waals surface area contributed by atoms with Gasteiger partial charge in [-0.1, -0.05) is 18.2 Å². The molecule has 0 aliphatic heterocycles. The minimum atomic E-state index is -0.381. The number of amides is 2. The van der Waals surface area contributed by atoms with Crippen LogP contribution in [0.15, 0.2) is 42.5 Å². The Kier molecular flexibility index (Phi) is 6.54. The van der Waals surface area contributed by atoms with Crippen molar-refractivity contribution in [3.63, 3.8) is 0 Å². The summed E-state index contributed by atoms with van der Waals surface area (Å²) in [5, 5.41) is 2.12. The molecule has 0 radical (unpaired) electrons. The van der Waals surface area contributed by atoms with Crippen LogP contribution in [-0.4, -0.2) is 44.5 Å². The normalized spacial score (nSPS) is 11.0. The van der Waals surface area contributed by atoms with Crippen LogP contribution in [0.3, 0.4) is 0 Å². The molecule has 0 aliphatic carbocycles. The van der Waals surface area contributed by atoms with E-state index in [9.17, 15) is 9.59 Å². The van der Waals surface area contributed by atoms with Gasteiger partial charge in [-0.05, 0) is 54.7 Å². The predicted octanol–water partition coefficient (Wildman–Crippen LogP) is 1.96. The van der Waals surface area contributed by atoms with E-state index in [2.05, 4.69) is 10.9 Å². The molecule has 0 heterocycles. The molecule has 0 spiro atoms. The minimum Gasteiger partial charge on any atom is -0.497 e. The molecule has 2 aromatic carbocycles. The van der Waals surface area contributed by atoms with Gasteiger partial charge in [-0.3, -0.25) is 20.4 Å². The molecule has 132 valence electrons. The lowest BCUT2D eigenvalue weighted by atomic mass is 10.1. The van der Waals surface area contributed by atoms with E-state index in [1.165, 1.54) is 6.08 Å². The van der Waals surface area contributed by atoms with Crippen molar-refractivity contribution in [2.24, 2.45) is 0 Å². The molecule has 2 N–H and O–H groups in total. The lowest BCUT2D eigenvalue weighted by Crippen LogP contribution is -2.41. The zero-order valence-corrected chi connectivity index (χ0v) is 14.7. The van der Waals surface area contributed by atoms with E-state index in [4.69, 9.17) is 4.74 Å². The van der Waals surface area contributed by atoms with Crippen LogP contribution in [0.2, 0.25) is 0 Å². The van der Waals surface area contributed by atoms with Crippen molar-refractivity contribution in [3.05, 3.63) is 48.0 Å². The Labute approximate surface area is 147 Å². The van der Waals surface area contributed by atoms with Crippen LogP contribution < -0.4 is 15.6 Å². The van der Waals surface area contributed by atoms with Gasteiger partial charge < -0.3 is 9.64 Å². The molecule has 2 amide bonds. The number of ether oxygens (including phenoxy) is 1. The smallest absolute Gasteiger partial charge is 0.262 e. The van der Waals surface area contributed by atoms with E-state index in [1.54, 1.807) is 13.2 Å². The Morgan fingerprint density at radius 1 is 1.08 bits per heavy atom. The third kappa shape index (κ3) is 5.93. The van der Waals surface area contributed by atoms with E-state index in [1.807, 2.05) is 55.4 Å². The van der Waals surface area contributed by atoms with E-state index in [0.29, 0.717) is 13.0 Å². The molecule has 0 bridgehead atoms. The van der Waals surface area contributed by atoms with Crippen molar-refractivity contribution in [2.75, 3.05) is 27.7 Å². The van der Waals surface area contributed by atoms with Gasteiger partial charge in [0, 0.05) is 19.0 Å². The molecule has 0 saturated heterocycles. The Hall–Kier alpha value is -2.86. The second kappa shape index (κ2) is 8.84. The van der Waals surface area contributed by atoms with Crippen molar-refractivity contribution < 1.29 is 14.3 Å². The van der Waals surface area contributed by atoms with E-state index >= 15 is 0 Å². The molecule has 6 heteroatoms. The molecule has 0 atom stereocenters. The summed E-state index contributed by atoms with van der Waals surface area (Å²) in [6.07, 6.45) is 3.41. The summed E-state index contributed by atoms with van der Waals surface area (Å²) in [4.78, 5) is 25.2. The number of fused-ring (bicyclic) bond motifs is 1. The lowest BCUT2D eigenvalue weighted by molar-refractivity contribution is -0.126. The van der Waals surface area contributed by atoms with Crippen molar-refractivity contribution >= 4 is 28.7 Å². The fourth-order valence-electron chi connectivity index (χ4n) is 2.21. The fourth-order valence-corrected chi connectivity index (χ4v) is 2.21. The van der Waals surface area contributed by atoms with Crippen LogP contribution in [0.4, 0.5) is 0 Å². The van der Waals surface area contributed by atoms with Gasteiger partial charge in [0.05, 0.1) is 7.11 Å². The first-order chi connectivity index (χ1) is 12.0. The molecule has 0 unspecified atom stereocenters. The quantitative estimate of drug-likeness (QED) is 0.622. The van der Waals surface area contributed by atoms with Gasteiger partial charge >= 0.3 is 0 Å². The molecule has 25 heavy (non-hydrogen) atoms. The van der Waals surface area contributed by atoms with Crippen molar-refractivity contribution in [2.45, 2.75) is 6.42 Å². The Balaban J connectivity index is 1.91. The van der Waals surface area contributed by atoms with Crippen LogP contribution >= 0.6 is 0 Å². The zero-order valence-electron chi connectivity index (χ0n) is 14.7. The second-order valence-corrected chi connectivity index (χ2v) is 5.90. The molecule has 2 rings (SSSR count). The average Bonchev–Trinajstić information content (AvgIpc) is 2.62. The summed E-state index contributed by atoms with van der Waals surface area (Å²) in [5.41, 5.74) is 5.65. The van der Waals surface area contributed by atoms with E-state index in [-0.39, 0.29) is 11.8 Å². The maximum Gasteiger partial charge on any atom is 0.262 e. The standard InChI is InChI=1S/C19H23N3O3/c1-22(2)11-10-19(24)21-20-18(23)9-5-14-4-6-16-13-17(25-3)8-7-15(16)12-14/h4-9,12-13H,10-11H2,1-3H3,(H,20,23)(H,21,24)/b9-5+. The Morgan fingerprint density at radius 3 is 2.52 bits per heavy atom. The van der Waals surface area contributed by atoms with Gasteiger partial charge in [-0.15, -0.1) is 0 Å². The number of carbonyl (C=O) groups excluding carboxylic acids is 2. The largest absolute Gasteiger partial charge is 0.497 e. The third-order valence-corrected chi connectivity index (χ3v) is 3.61. The van der Waals surface area contributed by atoms with Crippen molar-refractivity contribution in [1.29, 1.82) is 0 Å². The molecule has 0 aliphatic rings.